The number of terminal acetylenes is 1. The third-order valence-electron chi connectivity index (χ3n) is 5.22. The second-order valence-corrected chi connectivity index (χ2v) is 7.29. The summed E-state index contributed by atoms with van der Waals surface area (Å²) in [6, 6.07) is 8.41. The first-order valence-electron chi connectivity index (χ1n) is 9.16. The van der Waals surface area contributed by atoms with Gasteiger partial charge >= 0.3 is 0 Å². The highest BCUT2D eigenvalue weighted by Crippen LogP contribution is 2.32. The zero-order chi connectivity index (χ0) is 22.3. The standard InChI is InChI=1S/C22H14ClFN6O/c1-3-11-7-17(23)20(24)19(15(11)8-25)21-16(10-27-30(21)2)12-4-5-13-14(6-12)18(9-26)28-29-22(13)31/h1,4-7,10,16H,9,26H2,2H3/p+1. The molecule has 2 heterocycles. The molecule has 0 bridgehead atoms. The summed E-state index contributed by atoms with van der Waals surface area (Å²) in [6.45, 7) is 0.124. The molecule has 1 aromatic heterocycles. The number of hydrazone groups is 1. The molecule has 3 aromatic rings. The molecule has 4 rings (SSSR count). The summed E-state index contributed by atoms with van der Waals surface area (Å²) in [4.78, 5) is 12.1. The maximum Gasteiger partial charge on any atom is 0.272 e. The van der Waals surface area contributed by atoms with Gasteiger partial charge in [0.2, 0.25) is 5.71 Å². The Morgan fingerprint density at radius 2 is 2.16 bits per heavy atom. The van der Waals surface area contributed by atoms with Gasteiger partial charge in [-0.1, -0.05) is 28.3 Å². The van der Waals surface area contributed by atoms with Crippen LogP contribution in [0.3, 0.4) is 0 Å². The number of fused-ring (bicyclic) bond motifs is 1. The van der Waals surface area contributed by atoms with E-state index in [9.17, 15) is 10.1 Å². The van der Waals surface area contributed by atoms with Gasteiger partial charge in [0.05, 0.1) is 27.9 Å². The molecule has 0 radical (unpaired) electrons. The first-order chi connectivity index (χ1) is 14.9. The smallest absolute Gasteiger partial charge is 0.272 e. The number of aromatic amines is 1. The van der Waals surface area contributed by atoms with Gasteiger partial charge in [-0.25, -0.2) is 9.49 Å². The van der Waals surface area contributed by atoms with Crippen LogP contribution in [-0.2, 0) is 6.54 Å². The Morgan fingerprint density at radius 3 is 2.84 bits per heavy atom. The van der Waals surface area contributed by atoms with E-state index in [-0.39, 0.29) is 33.8 Å². The van der Waals surface area contributed by atoms with E-state index in [1.807, 2.05) is 6.07 Å². The molecule has 1 atom stereocenters. The molecule has 31 heavy (non-hydrogen) atoms. The first-order valence-corrected chi connectivity index (χ1v) is 9.54. The van der Waals surface area contributed by atoms with E-state index >= 15 is 4.39 Å². The lowest BCUT2D eigenvalue weighted by Gasteiger charge is -2.13. The van der Waals surface area contributed by atoms with Gasteiger partial charge in [0, 0.05) is 17.5 Å². The van der Waals surface area contributed by atoms with Crippen LogP contribution in [-0.4, -0.2) is 33.9 Å². The van der Waals surface area contributed by atoms with Gasteiger partial charge in [-0.3, -0.25) is 4.79 Å². The van der Waals surface area contributed by atoms with Gasteiger partial charge in [-0.05, 0) is 28.9 Å². The lowest BCUT2D eigenvalue weighted by atomic mass is 9.86. The van der Waals surface area contributed by atoms with Crippen molar-refractivity contribution in [3.63, 3.8) is 0 Å². The second-order valence-electron chi connectivity index (χ2n) is 6.89. The van der Waals surface area contributed by atoms with Gasteiger partial charge in [0.1, 0.15) is 17.6 Å². The van der Waals surface area contributed by atoms with E-state index < -0.39 is 11.7 Å². The average Bonchev–Trinajstić information content (AvgIpc) is 3.16. The number of benzene rings is 2. The quantitative estimate of drug-likeness (QED) is 0.487. The molecule has 0 saturated heterocycles. The Labute approximate surface area is 181 Å². The molecule has 2 aromatic carbocycles. The number of nitrogens with one attached hydrogen (secondary N) is 1. The number of hydrogen-bond donors (Lipinski definition) is 2. The molecule has 1 aliphatic rings. The van der Waals surface area contributed by atoms with Crippen LogP contribution in [0.5, 0.6) is 0 Å². The Morgan fingerprint density at radius 1 is 1.39 bits per heavy atom. The van der Waals surface area contributed by atoms with Crippen molar-refractivity contribution in [2.24, 2.45) is 10.8 Å². The Balaban J connectivity index is 1.97. The number of aromatic nitrogens is 2. The topological polar surface area (TPSA) is 111 Å². The minimum absolute atomic E-state index is 0.00305. The van der Waals surface area contributed by atoms with Crippen molar-refractivity contribution in [3.8, 4) is 18.4 Å². The number of rotatable bonds is 3. The zero-order valence-corrected chi connectivity index (χ0v) is 17.0. The third-order valence-corrected chi connectivity index (χ3v) is 5.49. The Hall–Kier alpha value is -3.85. The van der Waals surface area contributed by atoms with E-state index in [1.165, 1.54) is 10.8 Å². The van der Waals surface area contributed by atoms with Crippen molar-refractivity contribution < 1.29 is 9.07 Å². The largest absolute Gasteiger partial charge is 0.325 e. The lowest BCUT2D eigenvalue weighted by molar-refractivity contribution is -0.498. The van der Waals surface area contributed by atoms with E-state index in [4.69, 9.17) is 23.8 Å². The van der Waals surface area contributed by atoms with Crippen LogP contribution < -0.4 is 11.3 Å². The zero-order valence-electron chi connectivity index (χ0n) is 16.3. The van der Waals surface area contributed by atoms with Crippen LogP contribution in [0.4, 0.5) is 4.39 Å². The maximum atomic E-state index is 15.2. The number of nitriles is 1. The highest BCUT2D eigenvalue weighted by atomic mass is 35.5. The molecule has 1 aliphatic heterocycles. The summed E-state index contributed by atoms with van der Waals surface area (Å²) in [5, 5.41) is 21.2. The van der Waals surface area contributed by atoms with Crippen molar-refractivity contribution >= 4 is 34.3 Å². The van der Waals surface area contributed by atoms with Crippen LogP contribution in [0, 0.1) is 29.5 Å². The van der Waals surface area contributed by atoms with Gasteiger partial charge in [0.15, 0.2) is 12.9 Å². The average molecular weight is 434 g/mol. The lowest BCUT2D eigenvalue weighted by Crippen LogP contribution is -2.22. The van der Waals surface area contributed by atoms with Gasteiger partial charge in [-0.2, -0.15) is 10.4 Å². The molecular formula is C22H15ClFN6O+. The predicted octanol–water partition coefficient (Wildman–Crippen LogP) is 2.24. The van der Waals surface area contributed by atoms with E-state index in [0.29, 0.717) is 27.7 Å². The predicted molar refractivity (Wildman–Crippen MR) is 116 cm³/mol. The molecule has 152 valence electrons. The monoisotopic (exact) mass is 433 g/mol. The van der Waals surface area contributed by atoms with E-state index in [0.717, 1.165) is 0 Å². The first kappa shape index (κ1) is 20.4. The SMILES string of the molecule is C#Cc1cc(Cl)c(F)c(C2=[N+](C)N=CC2c2ccc3c(=O)[nH]nc(CN)c3c2)c1C#N. The Kier molecular flexibility index (Phi) is 5.12. The summed E-state index contributed by atoms with van der Waals surface area (Å²) in [7, 11) is 1.64. The van der Waals surface area contributed by atoms with Crippen LogP contribution in [0.1, 0.15) is 33.9 Å². The molecule has 0 aliphatic carbocycles. The third kappa shape index (κ3) is 3.19. The van der Waals surface area contributed by atoms with Crippen molar-refractivity contribution in [1.82, 2.24) is 10.2 Å². The molecule has 3 N–H and O–H groups in total. The fraction of sp³-hybridized carbons (Fsp3) is 0.136. The molecule has 1 unspecified atom stereocenters. The van der Waals surface area contributed by atoms with Crippen LogP contribution in [0.25, 0.3) is 10.8 Å². The van der Waals surface area contributed by atoms with Crippen molar-refractivity contribution in [2.45, 2.75) is 12.5 Å². The molecule has 0 amide bonds. The second kappa shape index (κ2) is 7.77. The fourth-order valence-corrected chi connectivity index (χ4v) is 3.95. The summed E-state index contributed by atoms with van der Waals surface area (Å²) < 4.78 is 16.7. The van der Waals surface area contributed by atoms with Crippen LogP contribution in [0.15, 0.2) is 34.2 Å². The summed E-state index contributed by atoms with van der Waals surface area (Å²) in [5.74, 6) is 1.11. The minimum Gasteiger partial charge on any atom is -0.325 e. The summed E-state index contributed by atoms with van der Waals surface area (Å²) in [5.41, 5.74) is 7.25. The highest BCUT2D eigenvalue weighted by molar-refractivity contribution is 6.31. The van der Waals surface area contributed by atoms with Gasteiger partial charge in [-0.15, -0.1) is 6.42 Å². The minimum atomic E-state index is -0.754. The molecule has 7 nitrogen and oxygen atoms in total. The van der Waals surface area contributed by atoms with Crippen molar-refractivity contribution in [2.75, 3.05) is 7.05 Å². The van der Waals surface area contributed by atoms with Crippen LogP contribution >= 0.6 is 11.6 Å². The fourth-order valence-electron chi connectivity index (χ4n) is 3.74. The molecule has 0 fully saturated rings. The summed E-state index contributed by atoms with van der Waals surface area (Å²) in [6.07, 6.45) is 7.14. The summed E-state index contributed by atoms with van der Waals surface area (Å²) >= 11 is 6.07. The van der Waals surface area contributed by atoms with Crippen LogP contribution in [0.2, 0.25) is 5.02 Å². The molecule has 9 heteroatoms. The molecular weight excluding hydrogens is 419 g/mol. The van der Waals surface area contributed by atoms with E-state index in [1.54, 1.807) is 31.5 Å². The van der Waals surface area contributed by atoms with Crippen molar-refractivity contribution in [3.05, 3.63) is 73.4 Å². The Bertz CT molecular complexity index is 1460. The normalized spacial score (nSPS) is 15.4. The molecule has 0 saturated carbocycles. The molecule has 0 spiro atoms. The van der Waals surface area contributed by atoms with E-state index in [2.05, 4.69) is 21.2 Å². The van der Waals surface area contributed by atoms with Gasteiger partial charge in [0.25, 0.3) is 5.56 Å². The maximum absolute atomic E-state index is 15.2. The number of hydrogen-bond acceptors (Lipinski definition) is 5. The van der Waals surface area contributed by atoms with Gasteiger partial charge < -0.3 is 5.73 Å². The number of nitrogens with zero attached hydrogens (tertiary/aromatic N) is 4. The highest BCUT2D eigenvalue weighted by Gasteiger charge is 2.37. The number of nitrogens with two attached hydrogens (primary N) is 1. The number of halogens is 2. The number of H-pyrrole nitrogens is 1. The van der Waals surface area contributed by atoms with Crippen molar-refractivity contribution in [1.29, 1.82) is 5.26 Å².